The van der Waals surface area contributed by atoms with Crippen LogP contribution < -0.4 is 15.0 Å². The van der Waals surface area contributed by atoms with E-state index in [0.29, 0.717) is 13.0 Å². The third-order valence-corrected chi connectivity index (χ3v) is 5.61. The Morgan fingerprint density at radius 2 is 1.60 bits per heavy atom. The molecule has 1 aliphatic heterocycles. The fraction of sp³-hybridized carbons (Fsp3) is 0.292. The second-order valence-electron chi connectivity index (χ2n) is 7.55. The third-order valence-electron chi connectivity index (χ3n) is 5.14. The van der Waals surface area contributed by atoms with Gasteiger partial charge in [0.15, 0.2) is 0 Å². The van der Waals surface area contributed by atoms with Gasteiger partial charge in [-0.05, 0) is 60.1 Å². The zero-order valence-corrected chi connectivity index (χ0v) is 18.5. The van der Waals surface area contributed by atoms with Crippen molar-refractivity contribution in [2.45, 2.75) is 38.7 Å². The van der Waals surface area contributed by atoms with Crippen LogP contribution in [0.5, 0.6) is 11.5 Å². The van der Waals surface area contributed by atoms with Crippen molar-refractivity contribution >= 4 is 15.9 Å². The van der Waals surface area contributed by atoms with E-state index in [0.717, 1.165) is 16.0 Å². The summed E-state index contributed by atoms with van der Waals surface area (Å²) in [6, 6.07) is 19.1. The van der Waals surface area contributed by atoms with Gasteiger partial charge < -0.3 is 14.2 Å². The lowest BCUT2D eigenvalue weighted by Gasteiger charge is -2.20. The van der Waals surface area contributed by atoms with E-state index < -0.39 is 6.23 Å². The largest absolute Gasteiger partial charge is 0.491 e. The molecule has 0 bridgehead atoms. The first kappa shape index (κ1) is 20.7. The van der Waals surface area contributed by atoms with Crippen LogP contribution in [0.25, 0.3) is 0 Å². The van der Waals surface area contributed by atoms with E-state index in [1.807, 2.05) is 62.4 Å². The third kappa shape index (κ3) is 4.94. The number of halogens is 1. The molecule has 3 atom stereocenters. The zero-order chi connectivity index (χ0) is 21.1. The van der Waals surface area contributed by atoms with E-state index in [1.54, 1.807) is 16.8 Å². The molecule has 5 nitrogen and oxygen atoms in total. The Kier molecular flexibility index (Phi) is 6.25. The predicted molar refractivity (Wildman–Crippen MR) is 119 cm³/mol. The van der Waals surface area contributed by atoms with Crippen molar-refractivity contribution in [2.24, 2.45) is 0 Å². The molecule has 30 heavy (non-hydrogen) atoms. The monoisotopic (exact) mass is 469 g/mol. The summed E-state index contributed by atoms with van der Waals surface area (Å²) in [7, 11) is 0. The minimum Gasteiger partial charge on any atom is -0.491 e. The van der Waals surface area contributed by atoms with Crippen molar-refractivity contribution in [3.8, 4) is 11.5 Å². The molecule has 2 heterocycles. The Labute approximate surface area is 184 Å². The number of benzene rings is 2. The molecule has 0 N–H and O–H groups in total. The molecule has 1 saturated heterocycles. The molecule has 0 amide bonds. The average Bonchev–Trinajstić information content (AvgIpc) is 3.13. The molecular formula is C24H24BrNO4. The minimum atomic E-state index is -0.419. The molecule has 0 unspecified atom stereocenters. The van der Waals surface area contributed by atoms with Gasteiger partial charge in [0.05, 0.1) is 0 Å². The first-order valence-corrected chi connectivity index (χ1v) is 10.7. The summed E-state index contributed by atoms with van der Waals surface area (Å²) in [5, 5.41) is 0. The predicted octanol–water partition coefficient (Wildman–Crippen LogP) is 5.04. The number of aromatic nitrogens is 1. The SMILES string of the molecule is Cc1ccc(OC[C@H]2O[C@@H](n3cc(Br)ccc3=O)C[C@@H]2Oc2ccc(C)cc2)cc1. The van der Waals surface area contributed by atoms with E-state index in [-0.39, 0.29) is 17.8 Å². The number of rotatable bonds is 6. The van der Waals surface area contributed by atoms with Crippen LogP contribution in [0.2, 0.25) is 0 Å². The van der Waals surface area contributed by atoms with Crippen LogP contribution in [0.15, 0.2) is 76.1 Å². The van der Waals surface area contributed by atoms with E-state index in [9.17, 15) is 4.79 Å². The molecule has 1 aliphatic rings. The molecule has 0 aliphatic carbocycles. The highest BCUT2D eigenvalue weighted by atomic mass is 79.9. The van der Waals surface area contributed by atoms with Crippen LogP contribution in [-0.2, 0) is 4.74 Å². The average molecular weight is 470 g/mol. The fourth-order valence-electron chi connectivity index (χ4n) is 3.45. The summed E-state index contributed by atoms with van der Waals surface area (Å²) < 4.78 is 20.9. The minimum absolute atomic E-state index is 0.114. The second kappa shape index (κ2) is 9.06. The highest BCUT2D eigenvalue weighted by Crippen LogP contribution is 2.32. The molecular weight excluding hydrogens is 446 g/mol. The van der Waals surface area contributed by atoms with Crippen molar-refractivity contribution in [3.63, 3.8) is 0 Å². The van der Waals surface area contributed by atoms with Crippen molar-refractivity contribution in [1.29, 1.82) is 0 Å². The molecule has 0 radical (unpaired) electrons. The number of hydrogen-bond acceptors (Lipinski definition) is 4. The van der Waals surface area contributed by atoms with Gasteiger partial charge in [0.25, 0.3) is 5.56 Å². The Bertz CT molecular complexity index is 1050. The van der Waals surface area contributed by atoms with Crippen LogP contribution >= 0.6 is 15.9 Å². The number of pyridine rings is 1. The quantitative estimate of drug-likeness (QED) is 0.507. The molecule has 156 valence electrons. The van der Waals surface area contributed by atoms with Crippen molar-refractivity contribution in [1.82, 2.24) is 4.57 Å². The summed E-state index contributed by atoms with van der Waals surface area (Å²) in [6.45, 7) is 4.41. The number of nitrogens with zero attached hydrogens (tertiary/aromatic N) is 1. The van der Waals surface area contributed by atoms with Crippen LogP contribution in [0.4, 0.5) is 0 Å². The summed E-state index contributed by atoms with van der Waals surface area (Å²) in [6.07, 6.45) is 1.32. The van der Waals surface area contributed by atoms with Gasteiger partial charge in [0, 0.05) is 23.2 Å². The molecule has 1 aromatic heterocycles. The Morgan fingerprint density at radius 3 is 2.27 bits per heavy atom. The maximum Gasteiger partial charge on any atom is 0.252 e. The highest BCUT2D eigenvalue weighted by Gasteiger charge is 2.39. The Morgan fingerprint density at radius 1 is 0.967 bits per heavy atom. The van der Waals surface area contributed by atoms with Crippen LogP contribution in [-0.4, -0.2) is 23.4 Å². The normalized spacial score (nSPS) is 20.8. The molecule has 0 spiro atoms. The van der Waals surface area contributed by atoms with Crippen LogP contribution in [0, 0.1) is 13.8 Å². The van der Waals surface area contributed by atoms with Crippen molar-refractivity contribution in [3.05, 3.63) is 92.8 Å². The summed E-state index contributed by atoms with van der Waals surface area (Å²) in [5.41, 5.74) is 2.23. The Hall–Kier alpha value is -2.57. The smallest absolute Gasteiger partial charge is 0.252 e. The van der Waals surface area contributed by atoms with Gasteiger partial charge >= 0.3 is 0 Å². The fourth-order valence-corrected chi connectivity index (χ4v) is 3.80. The number of ether oxygens (including phenoxy) is 3. The van der Waals surface area contributed by atoms with Gasteiger partial charge in [-0.25, -0.2) is 0 Å². The van der Waals surface area contributed by atoms with E-state index >= 15 is 0 Å². The van der Waals surface area contributed by atoms with Gasteiger partial charge in [0.2, 0.25) is 0 Å². The van der Waals surface area contributed by atoms with Gasteiger partial charge in [0.1, 0.15) is 36.5 Å². The summed E-state index contributed by atoms with van der Waals surface area (Å²) >= 11 is 3.43. The molecule has 1 fully saturated rings. The van der Waals surface area contributed by atoms with E-state index in [1.165, 1.54) is 17.2 Å². The summed E-state index contributed by atoms with van der Waals surface area (Å²) in [5.74, 6) is 1.55. The van der Waals surface area contributed by atoms with Crippen LogP contribution in [0.3, 0.4) is 0 Å². The first-order chi connectivity index (χ1) is 14.5. The molecule has 4 rings (SSSR count). The molecule has 2 aromatic carbocycles. The van der Waals surface area contributed by atoms with E-state index in [2.05, 4.69) is 15.9 Å². The lowest BCUT2D eigenvalue weighted by molar-refractivity contribution is -0.0367. The highest BCUT2D eigenvalue weighted by molar-refractivity contribution is 9.10. The number of hydrogen-bond donors (Lipinski definition) is 0. The summed E-state index contributed by atoms with van der Waals surface area (Å²) in [4.78, 5) is 12.4. The van der Waals surface area contributed by atoms with Crippen molar-refractivity contribution < 1.29 is 14.2 Å². The maximum absolute atomic E-state index is 12.4. The topological polar surface area (TPSA) is 49.7 Å². The number of aryl methyl sites for hydroxylation is 2. The second-order valence-corrected chi connectivity index (χ2v) is 8.47. The van der Waals surface area contributed by atoms with Crippen LogP contribution in [0.1, 0.15) is 23.8 Å². The van der Waals surface area contributed by atoms with Gasteiger partial charge in [-0.15, -0.1) is 0 Å². The Balaban J connectivity index is 1.53. The lowest BCUT2D eigenvalue weighted by Crippen LogP contribution is -2.32. The molecule has 3 aromatic rings. The standard InChI is InChI=1S/C24H24BrNO4/c1-16-3-8-19(9-4-16)28-15-22-21(29-20-10-5-17(2)6-11-20)13-24(30-22)26-14-18(25)7-12-23(26)27/h3-12,14,21-22,24H,13,15H2,1-2H3/t21-,22+,24+/m0/s1. The van der Waals surface area contributed by atoms with E-state index in [4.69, 9.17) is 14.2 Å². The van der Waals surface area contributed by atoms with Crippen molar-refractivity contribution in [2.75, 3.05) is 6.61 Å². The van der Waals surface area contributed by atoms with Gasteiger partial charge in [-0.1, -0.05) is 35.4 Å². The molecule has 6 heteroatoms. The van der Waals surface area contributed by atoms with Gasteiger partial charge in [-0.2, -0.15) is 0 Å². The zero-order valence-electron chi connectivity index (χ0n) is 17.0. The lowest BCUT2D eigenvalue weighted by atomic mass is 10.1. The molecule has 0 saturated carbocycles. The first-order valence-electron chi connectivity index (χ1n) is 9.94. The van der Waals surface area contributed by atoms with Gasteiger partial charge in [-0.3, -0.25) is 9.36 Å². The maximum atomic E-state index is 12.4.